The molecule has 3 aromatic rings. The third kappa shape index (κ3) is 4.34. The van der Waals surface area contributed by atoms with Crippen molar-refractivity contribution in [3.8, 4) is 0 Å². The van der Waals surface area contributed by atoms with Crippen molar-refractivity contribution in [1.82, 2.24) is 19.5 Å². The normalized spacial score (nSPS) is 19.9. The Morgan fingerprint density at radius 2 is 1.91 bits per heavy atom. The van der Waals surface area contributed by atoms with Crippen molar-refractivity contribution in [2.45, 2.75) is 76.7 Å². The summed E-state index contributed by atoms with van der Waals surface area (Å²) in [7, 11) is -1.78. The first-order valence-electron chi connectivity index (χ1n) is 11.3. The van der Waals surface area contributed by atoms with Gasteiger partial charge in [0, 0.05) is 41.7 Å². The van der Waals surface area contributed by atoms with Crippen molar-refractivity contribution in [3.63, 3.8) is 0 Å². The lowest BCUT2D eigenvalue weighted by Crippen LogP contribution is -2.44. The van der Waals surface area contributed by atoms with Gasteiger partial charge in [-0.2, -0.15) is 0 Å². The van der Waals surface area contributed by atoms with Crippen LogP contribution in [0.15, 0.2) is 37.1 Å². The quantitative estimate of drug-likeness (QED) is 0.426. The summed E-state index contributed by atoms with van der Waals surface area (Å²) in [4.78, 5) is 25.9. The van der Waals surface area contributed by atoms with Crippen LogP contribution in [-0.2, 0) is 4.43 Å². The van der Waals surface area contributed by atoms with Crippen LogP contribution in [0.4, 0.5) is 5.82 Å². The summed E-state index contributed by atoms with van der Waals surface area (Å²) in [6, 6.07) is 3.59. The van der Waals surface area contributed by atoms with Crippen molar-refractivity contribution in [3.05, 3.63) is 48.2 Å². The topological polar surface area (TPSA) is 95.9 Å². The number of hydrogen-bond acceptors (Lipinski definition) is 6. The molecular weight excluding hydrogens is 418 g/mol. The van der Waals surface area contributed by atoms with Crippen LogP contribution in [0.25, 0.3) is 11.0 Å². The van der Waals surface area contributed by atoms with Crippen molar-refractivity contribution >= 4 is 31.0 Å². The Labute approximate surface area is 190 Å². The van der Waals surface area contributed by atoms with Gasteiger partial charge in [-0.15, -0.1) is 0 Å². The van der Waals surface area contributed by atoms with E-state index >= 15 is 0 Å². The van der Waals surface area contributed by atoms with Gasteiger partial charge in [0.15, 0.2) is 14.1 Å². The summed E-state index contributed by atoms with van der Waals surface area (Å²) in [5, 5.41) is 0.982. The molecule has 3 heterocycles. The van der Waals surface area contributed by atoms with E-state index in [1.807, 2.05) is 6.20 Å². The average molecular weight is 452 g/mol. The molecule has 7 nitrogen and oxygen atoms in total. The predicted molar refractivity (Wildman–Crippen MR) is 129 cm³/mol. The lowest BCUT2D eigenvalue weighted by molar-refractivity contribution is 0.103. The largest absolute Gasteiger partial charge is 0.414 e. The molecule has 3 aromatic heterocycles. The molecule has 1 aliphatic carbocycles. The zero-order chi connectivity index (χ0) is 23.1. The number of nitrogens with zero attached hydrogens (tertiary/aromatic N) is 4. The molecule has 0 saturated heterocycles. The number of pyridine rings is 1. The molecule has 0 radical (unpaired) electrons. The summed E-state index contributed by atoms with van der Waals surface area (Å²) in [6.07, 6.45) is 11.1. The van der Waals surface area contributed by atoms with E-state index in [1.54, 1.807) is 30.9 Å². The molecule has 0 amide bonds. The zero-order valence-corrected chi connectivity index (χ0v) is 20.6. The number of anilines is 1. The van der Waals surface area contributed by atoms with Crippen LogP contribution in [0.2, 0.25) is 18.1 Å². The second-order valence-corrected chi connectivity index (χ2v) is 15.1. The molecule has 0 aromatic carbocycles. The van der Waals surface area contributed by atoms with Gasteiger partial charge in [-0.3, -0.25) is 4.79 Å². The van der Waals surface area contributed by atoms with E-state index < -0.39 is 8.32 Å². The van der Waals surface area contributed by atoms with Crippen LogP contribution in [0.3, 0.4) is 0 Å². The van der Waals surface area contributed by atoms with Crippen LogP contribution in [-0.4, -0.2) is 39.7 Å². The Bertz CT molecular complexity index is 1130. The molecule has 4 rings (SSSR count). The van der Waals surface area contributed by atoms with Gasteiger partial charge in [0.25, 0.3) is 0 Å². The Morgan fingerprint density at radius 3 is 2.56 bits per heavy atom. The number of fused-ring (bicyclic) bond motifs is 1. The molecule has 0 unspecified atom stereocenters. The minimum atomic E-state index is -1.78. The van der Waals surface area contributed by atoms with Gasteiger partial charge < -0.3 is 14.7 Å². The summed E-state index contributed by atoms with van der Waals surface area (Å²) < 4.78 is 8.82. The SMILES string of the molecule is CC(C)(C)[Si](C)(C)OC1CCC(n2cc(C(=O)c3ccnc(N)c3)c3cncnc32)CC1. The number of rotatable bonds is 5. The van der Waals surface area contributed by atoms with Gasteiger partial charge in [-0.25, -0.2) is 15.0 Å². The van der Waals surface area contributed by atoms with Gasteiger partial charge in [-0.05, 0) is 55.9 Å². The molecule has 8 heteroatoms. The Morgan fingerprint density at radius 1 is 1.19 bits per heavy atom. The number of ketones is 1. The third-order valence-electron chi connectivity index (χ3n) is 7.09. The van der Waals surface area contributed by atoms with Gasteiger partial charge in [0.2, 0.25) is 0 Å². The standard InChI is InChI=1S/C24H33N5O2Si/c1-24(2,3)32(4,5)31-18-8-6-17(7-9-18)29-14-20(19-13-26-15-28-23(19)29)22(30)16-10-11-27-21(25)12-16/h10-15,17-18H,6-9H2,1-5H3,(H2,25,27). The Balaban J connectivity index is 1.57. The summed E-state index contributed by atoms with van der Waals surface area (Å²) in [5.41, 5.74) is 7.72. The minimum absolute atomic E-state index is 0.0902. The van der Waals surface area contributed by atoms with Crippen LogP contribution >= 0.6 is 0 Å². The molecule has 2 N–H and O–H groups in total. The first-order valence-corrected chi connectivity index (χ1v) is 14.2. The number of carbonyl (C=O) groups excluding carboxylic acids is 1. The maximum absolute atomic E-state index is 13.2. The van der Waals surface area contributed by atoms with Crippen LogP contribution in [0.5, 0.6) is 0 Å². The van der Waals surface area contributed by atoms with E-state index in [9.17, 15) is 4.79 Å². The summed E-state index contributed by atoms with van der Waals surface area (Å²) in [6.45, 7) is 11.5. The third-order valence-corrected chi connectivity index (χ3v) is 11.6. The van der Waals surface area contributed by atoms with E-state index in [1.165, 1.54) is 0 Å². The molecule has 170 valence electrons. The highest BCUT2D eigenvalue weighted by Crippen LogP contribution is 2.41. The molecule has 0 atom stereocenters. The van der Waals surface area contributed by atoms with Gasteiger partial charge in [0.1, 0.15) is 17.8 Å². The Hall–Kier alpha value is -2.58. The lowest BCUT2D eigenvalue weighted by Gasteiger charge is -2.41. The van der Waals surface area contributed by atoms with E-state index in [-0.39, 0.29) is 16.9 Å². The maximum Gasteiger partial charge on any atom is 0.195 e. The summed E-state index contributed by atoms with van der Waals surface area (Å²) in [5.74, 6) is 0.239. The van der Waals surface area contributed by atoms with Gasteiger partial charge in [-0.1, -0.05) is 20.8 Å². The number of nitrogen functional groups attached to an aromatic ring is 1. The Kier molecular flexibility index (Phi) is 5.94. The highest BCUT2D eigenvalue weighted by Gasteiger charge is 2.40. The van der Waals surface area contributed by atoms with Crippen molar-refractivity contribution in [2.75, 3.05) is 5.73 Å². The highest BCUT2D eigenvalue weighted by atomic mass is 28.4. The molecular formula is C24H33N5O2Si. The first-order chi connectivity index (χ1) is 15.1. The lowest BCUT2D eigenvalue weighted by atomic mass is 9.93. The van der Waals surface area contributed by atoms with Gasteiger partial charge in [0.05, 0.1) is 5.56 Å². The molecule has 1 aliphatic rings. The second kappa shape index (κ2) is 8.40. The zero-order valence-electron chi connectivity index (χ0n) is 19.6. The fourth-order valence-electron chi connectivity index (χ4n) is 4.23. The molecule has 0 spiro atoms. The minimum Gasteiger partial charge on any atom is -0.414 e. The van der Waals surface area contributed by atoms with Crippen LogP contribution in [0.1, 0.15) is 68.4 Å². The first kappa shape index (κ1) is 22.6. The van der Waals surface area contributed by atoms with E-state index in [0.717, 1.165) is 36.7 Å². The summed E-state index contributed by atoms with van der Waals surface area (Å²) >= 11 is 0. The van der Waals surface area contributed by atoms with Gasteiger partial charge >= 0.3 is 0 Å². The van der Waals surface area contributed by atoms with E-state index in [4.69, 9.17) is 10.2 Å². The number of hydrogen-bond donors (Lipinski definition) is 1. The van der Waals surface area contributed by atoms with Crippen molar-refractivity contribution in [2.24, 2.45) is 0 Å². The van der Waals surface area contributed by atoms with Crippen molar-refractivity contribution < 1.29 is 9.22 Å². The van der Waals surface area contributed by atoms with Crippen molar-refractivity contribution in [1.29, 1.82) is 0 Å². The molecule has 32 heavy (non-hydrogen) atoms. The molecule has 0 aliphatic heterocycles. The maximum atomic E-state index is 13.2. The second-order valence-electron chi connectivity index (χ2n) is 10.3. The fraction of sp³-hybridized carbons (Fsp3) is 0.500. The number of aromatic nitrogens is 4. The fourth-order valence-corrected chi connectivity index (χ4v) is 5.65. The number of carbonyl (C=O) groups is 1. The monoisotopic (exact) mass is 451 g/mol. The van der Waals surface area contributed by atoms with Crippen LogP contribution in [0, 0.1) is 0 Å². The smallest absolute Gasteiger partial charge is 0.195 e. The highest BCUT2D eigenvalue weighted by molar-refractivity contribution is 6.74. The molecule has 1 fully saturated rings. The van der Waals surface area contributed by atoms with E-state index in [2.05, 4.69) is 53.4 Å². The van der Waals surface area contributed by atoms with Crippen LogP contribution < -0.4 is 5.73 Å². The predicted octanol–water partition coefficient (Wildman–Crippen LogP) is 5.15. The van der Waals surface area contributed by atoms with E-state index in [0.29, 0.717) is 23.0 Å². The number of nitrogens with two attached hydrogens (primary N) is 1. The molecule has 1 saturated carbocycles. The average Bonchev–Trinajstić information content (AvgIpc) is 3.12. The molecule has 0 bridgehead atoms.